The van der Waals surface area contributed by atoms with Crippen molar-refractivity contribution in [3.8, 4) is 0 Å². The van der Waals surface area contributed by atoms with Gasteiger partial charge in [0.1, 0.15) is 0 Å². The van der Waals surface area contributed by atoms with Crippen molar-refractivity contribution in [3.05, 3.63) is 120 Å². The van der Waals surface area contributed by atoms with E-state index in [1.165, 1.54) is 33.9 Å². The third kappa shape index (κ3) is 5.09. The highest BCUT2D eigenvalue weighted by molar-refractivity contribution is 5.85. The van der Waals surface area contributed by atoms with Gasteiger partial charge in [-0.05, 0) is 40.3 Å². The molecule has 0 saturated carbocycles. The van der Waals surface area contributed by atoms with Crippen LogP contribution in [0.4, 0.5) is 0 Å². The molecule has 1 saturated heterocycles. The van der Waals surface area contributed by atoms with E-state index in [2.05, 4.69) is 113 Å². The van der Waals surface area contributed by atoms with Gasteiger partial charge in [0.25, 0.3) is 0 Å². The van der Waals surface area contributed by atoms with Crippen molar-refractivity contribution in [2.24, 2.45) is 0 Å². The molecule has 1 aliphatic rings. The lowest BCUT2D eigenvalue weighted by Gasteiger charge is -2.42. The van der Waals surface area contributed by atoms with Gasteiger partial charge in [-0.15, -0.1) is 0 Å². The maximum absolute atomic E-state index is 2.71. The highest BCUT2D eigenvalue weighted by Gasteiger charge is 2.27. The van der Waals surface area contributed by atoms with E-state index < -0.39 is 0 Å². The topological polar surface area (TPSA) is 6.48 Å². The Hall–Kier alpha value is -2.94. The van der Waals surface area contributed by atoms with Gasteiger partial charge in [-0.2, -0.15) is 0 Å². The van der Waals surface area contributed by atoms with Crippen LogP contribution >= 0.6 is 0 Å². The molecule has 0 amide bonds. The molecule has 1 aliphatic heterocycles. The van der Waals surface area contributed by atoms with Gasteiger partial charge in [0.15, 0.2) is 0 Å². The first kappa shape index (κ1) is 20.9. The summed E-state index contributed by atoms with van der Waals surface area (Å²) in [6.45, 7) is 5.48. The number of nitrogens with zero attached hydrogens (tertiary/aromatic N) is 2. The van der Waals surface area contributed by atoms with Crippen LogP contribution in [0.5, 0.6) is 0 Å². The fourth-order valence-corrected chi connectivity index (χ4v) is 5.08. The van der Waals surface area contributed by atoms with Crippen molar-refractivity contribution in [2.45, 2.75) is 32.0 Å². The predicted molar refractivity (Wildman–Crippen MR) is 135 cm³/mol. The Labute approximate surface area is 192 Å². The number of rotatable bonds is 7. The zero-order valence-electron chi connectivity index (χ0n) is 18.7. The van der Waals surface area contributed by atoms with E-state index >= 15 is 0 Å². The van der Waals surface area contributed by atoms with Crippen LogP contribution in [0.3, 0.4) is 0 Å². The fourth-order valence-electron chi connectivity index (χ4n) is 5.08. The first-order chi connectivity index (χ1) is 15.8. The summed E-state index contributed by atoms with van der Waals surface area (Å²) in [7, 11) is 0. The Kier molecular flexibility index (Phi) is 6.62. The number of piperazine rings is 1. The smallest absolute Gasteiger partial charge is 0.0237 e. The molecule has 1 heterocycles. The second-order valence-corrected chi connectivity index (χ2v) is 9.01. The molecule has 0 radical (unpaired) electrons. The van der Waals surface area contributed by atoms with Gasteiger partial charge in [-0.3, -0.25) is 9.80 Å². The Morgan fingerprint density at radius 1 is 0.625 bits per heavy atom. The van der Waals surface area contributed by atoms with Crippen molar-refractivity contribution >= 4 is 10.8 Å². The molecule has 0 N–H and O–H groups in total. The van der Waals surface area contributed by atoms with Gasteiger partial charge >= 0.3 is 0 Å². The molecule has 0 aromatic heterocycles. The maximum atomic E-state index is 2.71. The number of benzene rings is 4. The second-order valence-electron chi connectivity index (χ2n) is 9.01. The van der Waals surface area contributed by atoms with Crippen molar-refractivity contribution in [3.63, 3.8) is 0 Å². The Bertz CT molecular complexity index is 1120. The van der Waals surface area contributed by atoms with E-state index in [0.717, 1.165) is 39.1 Å². The molecule has 32 heavy (non-hydrogen) atoms. The van der Waals surface area contributed by atoms with Crippen LogP contribution in [0, 0.1) is 0 Å². The molecule has 2 nitrogen and oxygen atoms in total. The van der Waals surface area contributed by atoms with E-state index in [9.17, 15) is 0 Å². The van der Waals surface area contributed by atoms with Gasteiger partial charge in [-0.1, -0.05) is 103 Å². The summed E-state index contributed by atoms with van der Waals surface area (Å²) in [4.78, 5) is 5.35. The summed E-state index contributed by atoms with van der Waals surface area (Å²) in [5, 5.41) is 2.75. The lowest BCUT2D eigenvalue weighted by atomic mass is 9.97. The van der Waals surface area contributed by atoms with Gasteiger partial charge in [0.2, 0.25) is 0 Å². The molecule has 5 rings (SSSR count). The van der Waals surface area contributed by atoms with E-state index in [0.29, 0.717) is 6.04 Å². The summed E-state index contributed by atoms with van der Waals surface area (Å²) in [5.74, 6) is 0. The van der Waals surface area contributed by atoms with Crippen molar-refractivity contribution < 1.29 is 0 Å². The number of hydrogen-bond donors (Lipinski definition) is 0. The third-order valence-electron chi connectivity index (χ3n) is 6.79. The Morgan fingerprint density at radius 2 is 1.28 bits per heavy atom. The fraction of sp³-hybridized carbons (Fsp3) is 0.267. The lowest BCUT2D eigenvalue weighted by molar-refractivity contribution is 0.0597. The molecule has 0 aliphatic carbocycles. The highest BCUT2D eigenvalue weighted by atomic mass is 15.3. The predicted octanol–water partition coefficient (Wildman–Crippen LogP) is 6.16. The van der Waals surface area contributed by atoms with Crippen LogP contribution in [0.2, 0.25) is 0 Å². The quantitative estimate of drug-likeness (QED) is 0.353. The van der Waals surface area contributed by atoms with Crippen LogP contribution in [0.25, 0.3) is 10.8 Å². The molecule has 4 aromatic carbocycles. The average Bonchev–Trinajstić information content (AvgIpc) is 2.85. The van der Waals surface area contributed by atoms with Crippen LogP contribution < -0.4 is 0 Å². The average molecular weight is 421 g/mol. The molecular formula is C30H32N2. The number of hydrogen-bond acceptors (Lipinski definition) is 2. The summed E-state index contributed by atoms with van der Waals surface area (Å²) in [6.07, 6.45) is 2.31. The third-order valence-corrected chi connectivity index (χ3v) is 6.79. The zero-order valence-corrected chi connectivity index (χ0v) is 18.7. The number of aryl methyl sites for hydroxylation is 1. The normalized spacial score (nSPS) is 17.6. The van der Waals surface area contributed by atoms with E-state index in [1.54, 1.807) is 0 Å². The van der Waals surface area contributed by atoms with Crippen LogP contribution in [-0.4, -0.2) is 35.5 Å². The van der Waals surface area contributed by atoms with E-state index in [1.807, 2.05) is 0 Å². The van der Waals surface area contributed by atoms with Gasteiger partial charge < -0.3 is 0 Å². The molecular weight excluding hydrogens is 388 g/mol. The second kappa shape index (κ2) is 10.1. The largest absolute Gasteiger partial charge is 0.296 e. The summed E-state index contributed by atoms with van der Waals surface area (Å²) in [6, 6.07) is 38.0. The standard InChI is InChI=1S/C30H32N2/c1-3-10-25(11-4-1)22-31-20-21-32(23-26-12-5-2-6-13-26)29(24-31)19-18-28-16-9-15-27-14-7-8-17-30(27)28/h1-17,29H,18-24H2/t29-/m0/s1. The van der Waals surface area contributed by atoms with Crippen LogP contribution in [-0.2, 0) is 19.5 Å². The van der Waals surface area contributed by atoms with Crippen molar-refractivity contribution in [1.82, 2.24) is 9.80 Å². The zero-order chi connectivity index (χ0) is 21.6. The Balaban J connectivity index is 1.32. The lowest BCUT2D eigenvalue weighted by Crippen LogP contribution is -2.52. The maximum Gasteiger partial charge on any atom is 0.0237 e. The van der Waals surface area contributed by atoms with Gasteiger partial charge in [0, 0.05) is 38.8 Å². The SMILES string of the molecule is c1ccc(CN2CCN(Cc3ccccc3)[C@@H](CCc3cccc4ccccc34)C2)cc1. The summed E-state index contributed by atoms with van der Waals surface area (Å²) >= 11 is 0. The van der Waals surface area contributed by atoms with Crippen molar-refractivity contribution in [1.29, 1.82) is 0 Å². The van der Waals surface area contributed by atoms with Gasteiger partial charge in [-0.25, -0.2) is 0 Å². The molecule has 0 spiro atoms. The minimum absolute atomic E-state index is 0.562. The van der Waals surface area contributed by atoms with Crippen LogP contribution in [0.1, 0.15) is 23.1 Å². The molecule has 2 heteroatoms. The molecule has 162 valence electrons. The van der Waals surface area contributed by atoms with E-state index in [4.69, 9.17) is 0 Å². The molecule has 1 fully saturated rings. The van der Waals surface area contributed by atoms with Gasteiger partial charge in [0.05, 0.1) is 0 Å². The van der Waals surface area contributed by atoms with Crippen LogP contribution in [0.15, 0.2) is 103 Å². The summed E-state index contributed by atoms with van der Waals surface area (Å²) in [5.41, 5.74) is 4.30. The number of fused-ring (bicyclic) bond motifs is 1. The highest BCUT2D eigenvalue weighted by Crippen LogP contribution is 2.24. The first-order valence-corrected chi connectivity index (χ1v) is 11.9. The molecule has 0 unspecified atom stereocenters. The summed E-state index contributed by atoms with van der Waals surface area (Å²) < 4.78 is 0. The minimum Gasteiger partial charge on any atom is -0.296 e. The molecule has 0 bridgehead atoms. The monoisotopic (exact) mass is 420 g/mol. The minimum atomic E-state index is 0.562. The first-order valence-electron chi connectivity index (χ1n) is 11.9. The molecule has 4 aromatic rings. The molecule has 1 atom stereocenters. The van der Waals surface area contributed by atoms with Crippen molar-refractivity contribution in [2.75, 3.05) is 19.6 Å². The Morgan fingerprint density at radius 3 is 2.06 bits per heavy atom. The van der Waals surface area contributed by atoms with E-state index in [-0.39, 0.29) is 0 Å².